The molecule has 3 amide bonds. The van der Waals surface area contributed by atoms with Crippen molar-refractivity contribution in [2.75, 3.05) is 16.3 Å². The van der Waals surface area contributed by atoms with Crippen molar-refractivity contribution in [2.24, 2.45) is 17.8 Å². The van der Waals surface area contributed by atoms with Crippen LogP contribution < -0.4 is 14.5 Å². The largest absolute Gasteiger partial charge is 0.426 e. The van der Waals surface area contributed by atoms with Crippen LogP contribution in [0, 0.1) is 31.6 Å². The van der Waals surface area contributed by atoms with Crippen LogP contribution >= 0.6 is 0 Å². The number of aryl methyl sites for hydroxylation is 1. The fraction of sp³-hybridized carbons (Fsp3) is 0.407. The van der Waals surface area contributed by atoms with Crippen LogP contribution in [0.3, 0.4) is 0 Å². The first-order valence-corrected chi connectivity index (χ1v) is 11.9. The standard InChI is InChI=1S/C27H28N2O5/c1-16-6-5-9-23(17(16)2)28-15-18(14-24(28)30)27(33)34-20-12-10-19(11-13-20)29-25(31)21-7-3-4-8-22(21)26(29)32/h5-6,9-13,18,21-22H,3-4,7-8,14-15H2,1-2H3/t18-,21-,22-/m1/s1. The van der Waals surface area contributed by atoms with Gasteiger partial charge < -0.3 is 9.64 Å². The van der Waals surface area contributed by atoms with Gasteiger partial charge in [-0.05, 0) is 68.1 Å². The fourth-order valence-corrected chi connectivity index (χ4v) is 5.41. The van der Waals surface area contributed by atoms with Gasteiger partial charge in [0.05, 0.1) is 23.4 Å². The fourth-order valence-electron chi connectivity index (χ4n) is 5.41. The van der Waals surface area contributed by atoms with Gasteiger partial charge in [-0.1, -0.05) is 25.0 Å². The quantitative estimate of drug-likeness (QED) is 0.392. The summed E-state index contributed by atoms with van der Waals surface area (Å²) >= 11 is 0. The van der Waals surface area contributed by atoms with E-state index in [9.17, 15) is 19.2 Å². The molecule has 3 aliphatic rings. The molecule has 7 heteroatoms. The second-order valence-electron chi connectivity index (χ2n) is 9.55. The molecule has 0 N–H and O–H groups in total. The number of rotatable bonds is 4. The average molecular weight is 461 g/mol. The Morgan fingerprint density at radius 3 is 2.21 bits per heavy atom. The second kappa shape index (κ2) is 8.70. The van der Waals surface area contributed by atoms with Crippen molar-refractivity contribution in [3.63, 3.8) is 0 Å². The van der Waals surface area contributed by atoms with E-state index < -0.39 is 11.9 Å². The topological polar surface area (TPSA) is 84.0 Å². The smallest absolute Gasteiger partial charge is 0.316 e. The predicted octanol–water partition coefficient (Wildman–Crippen LogP) is 3.94. The Hall–Kier alpha value is -3.48. The SMILES string of the molecule is Cc1cccc(N2C[C@H](C(=O)Oc3ccc(N4C(=O)[C@@H]5CCCC[C@H]5C4=O)cc3)CC2=O)c1C. The summed E-state index contributed by atoms with van der Waals surface area (Å²) in [5.74, 6) is -1.48. The molecule has 0 aromatic heterocycles. The Bertz CT molecular complexity index is 1150. The molecule has 1 saturated carbocycles. The number of fused-ring (bicyclic) bond motifs is 1. The maximum absolute atomic E-state index is 12.8. The number of imide groups is 1. The average Bonchev–Trinajstić information content (AvgIpc) is 3.34. The molecule has 176 valence electrons. The predicted molar refractivity (Wildman–Crippen MR) is 126 cm³/mol. The molecule has 3 fully saturated rings. The van der Waals surface area contributed by atoms with E-state index in [-0.39, 0.29) is 42.5 Å². The summed E-state index contributed by atoms with van der Waals surface area (Å²) in [5, 5.41) is 0. The highest BCUT2D eigenvalue weighted by Crippen LogP contribution is 2.40. The Kier molecular flexibility index (Phi) is 5.71. The summed E-state index contributed by atoms with van der Waals surface area (Å²) in [4.78, 5) is 53.9. The zero-order chi connectivity index (χ0) is 24.0. The highest BCUT2D eigenvalue weighted by molar-refractivity contribution is 6.22. The van der Waals surface area contributed by atoms with E-state index >= 15 is 0 Å². The summed E-state index contributed by atoms with van der Waals surface area (Å²) in [6, 6.07) is 12.2. The van der Waals surface area contributed by atoms with Gasteiger partial charge in [-0.3, -0.25) is 24.1 Å². The van der Waals surface area contributed by atoms with E-state index in [0.29, 0.717) is 11.4 Å². The molecule has 5 rings (SSSR count). The molecule has 3 atom stereocenters. The lowest BCUT2D eigenvalue weighted by atomic mass is 9.81. The molecular weight excluding hydrogens is 432 g/mol. The highest BCUT2D eigenvalue weighted by atomic mass is 16.5. The van der Waals surface area contributed by atoms with E-state index in [0.717, 1.165) is 42.5 Å². The molecule has 2 aromatic carbocycles. The van der Waals surface area contributed by atoms with Crippen molar-refractivity contribution < 1.29 is 23.9 Å². The van der Waals surface area contributed by atoms with Crippen molar-refractivity contribution in [2.45, 2.75) is 46.0 Å². The lowest BCUT2D eigenvalue weighted by Crippen LogP contribution is -2.30. The minimum Gasteiger partial charge on any atom is -0.426 e. The van der Waals surface area contributed by atoms with Gasteiger partial charge in [0.15, 0.2) is 0 Å². The summed E-state index contributed by atoms with van der Waals surface area (Å²) in [7, 11) is 0. The summed E-state index contributed by atoms with van der Waals surface area (Å²) in [6.45, 7) is 4.24. The minimum atomic E-state index is -0.558. The maximum Gasteiger partial charge on any atom is 0.316 e. The number of anilines is 2. The van der Waals surface area contributed by atoms with E-state index in [1.165, 1.54) is 4.90 Å². The van der Waals surface area contributed by atoms with Gasteiger partial charge in [0.2, 0.25) is 17.7 Å². The molecular formula is C27H28N2O5. The van der Waals surface area contributed by atoms with Crippen LogP contribution in [0.4, 0.5) is 11.4 Å². The van der Waals surface area contributed by atoms with Gasteiger partial charge in [0.25, 0.3) is 0 Å². The second-order valence-corrected chi connectivity index (χ2v) is 9.55. The first kappa shape index (κ1) is 22.3. The van der Waals surface area contributed by atoms with E-state index in [2.05, 4.69) is 0 Å². The molecule has 2 aliphatic heterocycles. The zero-order valence-corrected chi connectivity index (χ0v) is 19.5. The van der Waals surface area contributed by atoms with Crippen molar-refractivity contribution in [3.8, 4) is 5.75 Å². The molecule has 7 nitrogen and oxygen atoms in total. The minimum absolute atomic E-state index is 0.0986. The number of hydrogen-bond donors (Lipinski definition) is 0. The zero-order valence-electron chi connectivity index (χ0n) is 19.5. The molecule has 2 heterocycles. The third kappa shape index (κ3) is 3.79. The molecule has 2 saturated heterocycles. The number of benzene rings is 2. The van der Waals surface area contributed by atoms with Crippen molar-refractivity contribution in [1.82, 2.24) is 0 Å². The molecule has 34 heavy (non-hydrogen) atoms. The Morgan fingerprint density at radius 1 is 0.912 bits per heavy atom. The number of amides is 3. The number of ether oxygens (including phenoxy) is 1. The number of nitrogens with zero attached hydrogens (tertiary/aromatic N) is 2. The molecule has 2 aromatic rings. The summed E-state index contributed by atoms with van der Waals surface area (Å²) < 4.78 is 5.54. The third-order valence-electron chi connectivity index (χ3n) is 7.48. The van der Waals surface area contributed by atoms with Gasteiger partial charge in [0, 0.05) is 18.7 Å². The van der Waals surface area contributed by atoms with E-state index in [1.807, 2.05) is 32.0 Å². The van der Waals surface area contributed by atoms with Crippen LogP contribution in [0.15, 0.2) is 42.5 Å². The Balaban J connectivity index is 1.25. The molecule has 0 bridgehead atoms. The van der Waals surface area contributed by atoms with Crippen LogP contribution in [-0.2, 0) is 19.2 Å². The van der Waals surface area contributed by atoms with Gasteiger partial charge >= 0.3 is 5.97 Å². The van der Waals surface area contributed by atoms with E-state index in [1.54, 1.807) is 29.2 Å². The lowest BCUT2D eigenvalue weighted by molar-refractivity contribution is -0.139. The first-order chi connectivity index (χ1) is 16.3. The monoisotopic (exact) mass is 460 g/mol. The van der Waals surface area contributed by atoms with Crippen LogP contribution in [0.25, 0.3) is 0 Å². The van der Waals surface area contributed by atoms with Crippen molar-refractivity contribution in [3.05, 3.63) is 53.6 Å². The molecule has 1 aliphatic carbocycles. The van der Waals surface area contributed by atoms with E-state index in [4.69, 9.17) is 4.74 Å². The Labute approximate surface area is 198 Å². The number of carbonyl (C=O) groups is 4. The number of hydrogen-bond acceptors (Lipinski definition) is 5. The van der Waals surface area contributed by atoms with Crippen LogP contribution in [-0.4, -0.2) is 30.2 Å². The van der Waals surface area contributed by atoms with Crippen LogP contribution in [0.2, 0.25) is 0 Å². The van der Waals surface area contributed by atoms with Crippen LogP contribution in [0.1, 0.15) is 43.2 Å². The normalized spacial score (nSPS) is 24.5. The maximum atomic E-state index is 12.8. The van der Waals surface area contributed by atoms with Gasteiger partial charge in [-0.2, -0.15) is 0 Å². The number of esters is 1. The van der Waals surface area contributed by atoms with Gasteiger partial charge in [-0.25, -0.2) is 0 Å². The van der Waals surface area contributed by atoms with Gasteiger partial charge in [0.1, 0.15) is 5.75 Å². The highest BCUT2D eigenvalue weighted by Gasteiger charge is 2.48. The first-order valence-electron chi connectivity index (χ1n) is 11.9. The van der Waals surface area contributed by atoms with Crippen molar-refractivity contribution in [1.29, 1.82) is 0 Å². The Morgan fingerprint density at radius 2 is 1.56 bits per heavy atom. The lowest BCUT2D eigenvalue weighted by Gasteiger charge is -2.20. The molecule has 0 unspecified atom stereocenters. The van der Waals surface area contributed by atoms with Crippen molar-refractivity contribution >= 4 is 35.1 Å². The summed E-state index contributed by atoms with van der Waals surface area (Å²) in [6.07, 6.45) is 3.59. The van der Waals surface area contributed by atoms with Gasteiger partial charge in [-0.15, -0.1) is 0 Å². The summed E-state index contributed by atoms with van der Waals surface area (Å²) in [5.41, 5.74) is 3.43. The third-order valence-corrected chi connectivity index (χ3v) is 7.48. The number of carbonyl (C=O) groups excluding carboxylic acids is 4. The van der Waals surface area contributed by atoms with Crippen LogP contribution in [0.5, 0.6) is 5.75 Å². The molecule has 0 radical (unpaired) electrons. The molecule has 0 spiro atoms.